The molecule has 10 heteroatoms. The van der Waals surface area contributed by atoms with Crippen LogP contribution in [0.3, 0.4) is 0 Å². The summed E-state index contributed by atoms with van der Waals surface area (Å²) in [6.07, 6.45) is 1.49. The number of nitriles is 1. The molecule has 1 aromatic heterocycles. The first kappa shape index (κ1) is 22.8. The minimum Gasteiger partial charge on any atom is -0.496 e. The minimum atomic E-state index is -0.492. The maximum absolute atomic E-state index is 12.0. The Bertz CT molecular complexity index is 974. The molecule has 0 saturated carbocycles. The van der Waals surface area contributed by atoms with Gasteiger partial charge in [-0.25, -0.2) is 10.4 Å². The molecule has 2 rings (SSSR count). The lowest BCUT2D eigenvalue weighted by molar-refractivity contribution is -0.123. The molecule has 8 nitrogen and oxygen atoms in total. The normalized spacial score (nSPS) is 10.6. The maximum atomic E-state index is 12.0. The smallest absolute Gasteiger partial charge is 0.278 e. The van der Waals surface area contributed by atoms with Crippen LogP contribution in [0.25, 0.3) is 0 Å². The molecule has 2 aromatic rings. The average Bonchev–Trinajstić information content (AvgIpc) is 2.70. The summed E-state index contributed by atoms with van der Waals surface area (Å²) in [5.74, 6) is 0.268. The molecule has 0 radical (unpaired) electrons. The van der Waals surface area contributed by atoms with Crippen molar-refractivity contribution < 1.29 is 19.0 Å². The Morgan fingerprint density at radius 1 is 1.38 bits per heavy atom. The minimum absolute atomic E-state index is 0.0680. The fraction of sp³-hybridized carbons (Fsp3) is 0.263. The molecular weight excluding hydrogens is 508 g/mol. The van der Waals surface area contributed by atoms with Gasteiger partial charge in [-0.2, -0.15) is 10.4 Å². The molecule has 0 fully saturated rings. The molecule has 1 aromatic carbocycles. The van der Waals surface area contributed by atoms with Gasteiger partial charge in [0.05, 0.1) is 30.1 Å². The van der Waals surface area contributed by atoms with Gasteiger partial charge in [0.25, 0.3) is 5.91 Å². The molecule has 0 atom stereocenters. The Morgan fingerprint density at radius 2 is 2.14 bits per heavy atom. The monoisotopic (exact) mass is 524 g/mol. The molecule has 0 aliphatic rings. The van der Waals surface area contributed by atoms with Crippen LogP contribution in [0.15, 0.2) is 32.2 Å². The fourth-order valence-electron chi connectivity index (χ4n) is 2.32. The third-order valence-corrected chi connectivity index (χ3v) is 5.36. The molecule has 0 unspecified atom stereocenters. The summed E-state index contributed by atoms with van der Waals surface area (Å²) in [5.41, 5.74) is 4.57. The van der Waals surface area contributed by atoms with Crippen LogP contribution < -0.4 is 14.9 Å². The van der Waals surface area contributed by atoms with Crippen molar-refractivity contribution in [1.82, 2.24) is 10.4 Å². The Balaban J connectivity index is 2.02. The first-order chi connectivity index (χ1) is 13.9. The van der Waals surface area contributed by atoms with Crippen LogP contribution in [0.2, 0.25) is 0 Å². The molecule has 0 saturated heterocycles. The quantitative estimate of drug-likeness (QED) is 0.418. The zero-order valence-electron chi connectivity index (χ0n) is 16.0. The second-order valence-corrected chi connectivity index (χ2v) is 7.34. The molecule has 0 aliphatic heterocycles. The number of halogens is 2. The van der Waals surface area contributed by atoms with Gasteiger partial charge in [0.1, 0.15) is 17.4 Å². The number of aromatic nitrogens is 1. The highest BCUT2D eigenvalue weighted by Gasteiger charge is 2.18. The zero-order chi connectivity index (χ0) is 21.4. The van der Waals surface area contributed by atoms with E-state index in [0.29, 0.717) is 21.5 Å². The molecule has 1 N–H and O–H groups in total. The molecular formula is C19H18Br2N4O4. The highest BCUT2D eigenvalue weighted by Crippen LogP contribution is 2.30. The summed E-state index contributed by atoms with van der Waals surface area (Å²) in [4.78, 5) is 16.2. The van der Waals surface area contributed by atoms with Crippen molar-refractivity contribution in [3.05, 3.63) is 49.5 Å². The zero-order valence-corrected chi connectivity index (χ0v) is 19.1. The Labute approximate surface area is 185 Å². The summed E-state index contributed by atoms with van der Waals surface area (Å²) >= 11 is 6.78. The van der Waals surface area contributed by atoms with Gasteiger partial charge in [-0.05, 0) is 62.5 Å². The van der Waals surface area contributed by atoms with Crippen LogP contribution in [-0.4, -0.2) is 37.9 Å². The van der Waals surface area contributed by atoms with E-state index in [-0.39, 0.29) is 24.7 Å². The predicted molar refractivity (Wildman–Crippen MR) is 114 cm³/mol. The van der Waals surface area contributed by atoms with Gasteiger partial charge in [0.15, 0.2) is 6.61 Å². The van der Waals surface area contributed by atoms with Gasteiger partial charge < -0.3 is 14.2 Å². The van der Waals surface area contributed by atoms with E-state index >= 15 is 0 Å². The lowest BCUT2D eigenvalue weighted by atomic mass is 10.1. The van der Waals surface area contributed by atoms with Gasteiger partial charge >= 0.3 is 0 Å². The Kier molecular flexibility index (Phi) is 8.57. The maximum Gasteiger partial charge on any atom is 0.278 e. The molecule has 152 valence electrons. The molecule has 0 aliphatic carbocycles. The Morgan fingerprint density at radius 3 is 2.76 bits per heavy atom. The van der Waals surface area contributed by atoms with Crippen LogP contribution in [0.4, 0.5) is 0 Å². The number of amides is 1. The number of pyridine rings is 1. The summed E-state index contributed by atoms with van der Waals surface area (Å²) in [6.45, 7) is 1.62. The van der Waals surface area contributed by atoms with Gasteiger partial charge in [0.2, 0.25) is 5.88 Å². The third-order valence-electron chi connectivity index (χ3n) is 3.69. The van der Waals surface area contributed by atoms with E-state index in [4.69, 9.17) is 14.2 Å². The molecule has 0 bridgehead atoms. The summed E-state index contributed by atoms with van der Waals surface area (Å²) in [5, 5.41) is 13.3. The van der Waals surface area contributed by atoms with Crippen molar-refractivity contribution in [2.24, 2.45) is 5.10 Å². The molecule has 0 spiro atoms. The highest BCUT2D eigenvalue weighted by atomic mass is 79.9. The van der Waals surface area contributed by atoms with E-state index in [9.17, 15) is 10.1 Å². The lowest BCUT2D eigenvalue weighted by Crippen LogP contribution is -2.25. The fourth-order valence-corrected chi connectivity index (χ4v) is 3.28. The SMILES string of the molecule is COCc1c(Br)c(C)nc(OCC(=O)N/N=C\c2ccc(OC)c(Br)c2)c1C#N. The van der Waals surface area contributed by atoms with Crippen molar-refractivity contribution in [1.29, 1.82) is 5.26 Å². The number of aryl methyl sites for hydroxylation is 1. The summed E-state index contributed by atoms with van der Waals surface area (Å²) in [6, 6.07) is 7.42. The number of nitrogens with one attached hydrogen (secondary N) is 1. The van der Waals surface area contributed by atoms with E-state index in [1.54, 1.807) is 32.2 Å². The van der Waals surface area contributed by atoms with Gasteiger partial charge in [-0.3, -0.25) is 4.79 Å². The Hall–Kier alpha value is -2.48. The first-order valence-corrected chi connectivity index (χ1v) is 9.86. The van der Waals surface area contributed by atoms with Gasteiger partial charge in [-0.1, -0.05) is 0 Å². The molecule has 1 amide bonds. The number of carbonyl (C=O) groups is 1. The predicted octanol–water partition coefficient (Wildman–Crippen LogP) is 3.47. The van der Waals surface area contributed by atoms with E-state index in [1.165, 1.54) is 13.3 Å². The largest absolute Gasteiger partial charge is 0.496 e. The van der Waals surface area contributed by atoms with Crippen LogP contribution in [0, 0.1) is 18.3 Å². The third kappa shape index (κ3) is 6.00. The van der Waals surface area contributed by atoms with E-state index < -0.39 is 5.91 Å². The topological polar surface area (TPSA) is 106 Å². The van der Waals surface area contributed by atoms with Crippen molar-refractivity contribution in [2.75, 3.05) is 20.8 Å². The number of carbonyl (C=O) groups excluding carboxylic acids is 1. The van der Waals surface area contributed by atoms with Gasteiger partial charge in [-0.15, -0.1) is 0 Å². The number of methoxy groups -OCH3 is 2. The second kappa shape index (κ2) is 10.9. The average molecular weight is 526 g/mol. The highest BCUT2D eigenvalue weighted by molar-refractivity contribution is 9.10. The van der Waals surface area contributed by atoms with Crippen molar-refractivity contribution in [2.45, 2.75) is 13.5 Å². The number of hydrazone groups is 1. The van der Waals surface area contributed by atoms with E-state index in [2.05, 4.69) is 47.4 Å². The molecule has 1 heterocycles. The van der Waals surface area contributed by atoms with Crippen molar-refractivity contribution in [3.63, 3.8) is 0 Å². The van der Waals surface area contributed by atoms with Crippen LogP contribution in [0.5, 0.6) is 11.6 Å². The number of hydrogen-bond acceptors (Lipinski definition) is 7. The van der Waals surface area contributed by atoms with Crippen LogP contribution >= 0.6 is 31.9 Å². The van der Waals surface area contributed by atoms with Crippen molar-refractivity contribution >= 4 is 44.0 Å². The summed E-state index contributed by atoms with van der Waals surface area (Å²) in [7, 11) is 3.10. The summed E-state index contributed by atoms with van der Waals surface area (Å²) < 4.78 is 17.2. The number of rotatable bonds is 8. The number of benzene rings is 1. The number of nitrogens with zero attached hydrogens (tertiary/aromatic N) is 3. The second-order valence-electron chi connectivity index (χ2n) is 5.69. The van der Waals surface area contributed by atoms with E-state index in [1.807, 2.05) is 6.07 Å². The van der Waals surface area contributed by atoms with Crippen molar-refractivity contribution in [3.8, 4) is 17.7 Å². The van der Waals surface area contributed by atoms with E-state index in [0.717, 1.165) is 10.0 Å². The standard InChI is InChI=1S/C19H18Br2N4O4/c1-11-18(21)14(9-27-2)13(7-22)19(24-11)29-10-17(26)25-23-8-12-4-5-16(28-3)15(20)6-12/h4-6,8H,9-10H2,1-3H3,(H,25,26)/b23-8-. The lowest BCUT2D eigenvalue weighted by Gasteiger charge is -2.13. The number of ether oxygens (including phenoxy) is 3. The first-order valence-electron chi connectivity index (χ1n) is 8.27. The van der Waals surface area contributed by atoms with Crippen LogP contribution in [0.1, 0.15) is 22.4 Å². The van der Waals surface area contributed by atoms with Crippen LogP contribution in [-0.2, 0) is 16.1 Å². The molecule has 29 heavy (non-hydrogen) atoms. The van der Waals surface area contributed by atoms with Gasteiger partial charge in [0, 0.05) is 17.1 Å². The number of hydrogen-bond donors (Lipinski definition) is 1.